The molecule has 1 unspecified atom stereocenters. The Morgan fingerprint density at radius 3 is 3.04 bits per heavy atom. The van der Waals surface area contributed by atoms with E-state index < -0.39 is 0 Å². The van der Waals surface area contributed by atoms with E-state index >= 15 is 0 Å². The van der Waals surface area contributed by atoms with Crippen molar-refractivity contribution in [2.75, 3.05) is 25.5 Å². The van der Waals surface area contributed by atoms with Crippen molar-refractivity contribution in [3.05, 3.63) is 35.4 Å². The van der Waals surface area contributed by atoms with Crippen LogP contribution in [-0.4, -0.2) is 52.1 Å². The molecule has 3 rings (SSSR count). The predicted octanol–water partition coefficient (Wildman–Crippen LogP) is 2.74. The van der Waals surface area contributed by atoms with Gasteiger partial charge in [-0.25, -0.2) is 4.98 Å². The van der Waals surface area contributed by atoms with Crippen LogP contribution < -0.4 is 10.1 Å². The van der Waals surface area contributed by atoms with E-state index in [-0.39, 0.29) is 23.6 Å². The molecule has 27 heavy (non-hydrogen) atoms. The van der Waals surface area contributed by atoms with Gasteiger partial charge in [-0.2, -0.15) is 5.10 Å². The van der Waals surface area contributed by atoms with E-state index in [1.165, 1.54) is 6.33 Å². The number of rotatable bonds is 6. The summed E-state index contributed by atoms with van der Waals surface area (Å²) in [6.07, 6.45) is 4.30. The summed E-state index contributed by atoms with van der Waals surface area (Å²) in [4.78, 5) is 30.4. The summed E-state index contributed by atoms with van der Waals surface area (Å²) in [5, 5.41) is 9.70. The van der Waals surface area contributed by atoms with Crippen LogP contribution in [0.4, 0.5) is 5.69 Å². The second-order valence-electron chi connectivity index (χ2n) is 6.52. The normalized spacial score (nSPS) is 16.8. The second kappa shape index (κ2) is 8.85. The standard InChI is InChI=1S/C18H22ClN5O3/c1-27-15-6-5-13(19)9-14(15)22-16(25)7-4-12-3-2-8-24(10-12)18(26)17-20-11-21-23-17/h5-6,9,11-12H,2-4,7-8,10H2,1H3,(H,22,25)(H,20,21,23). The molecule has 0 aliphatic carbocycles. The highest BCUT2D eigenvalue weighted by molar-refractivity contribution is 6.31. The highest BCUT2D eigenvalue weighted by Gasteiger charge is 2.26. The van der Waals surface area contributed by atoms with Gasteiger partial charge in [0.1, 0.15) is 12.1 Å². The molecule has 1 aromatic carbocycles. The van der Waals surface area contributed by atoms with Crippen molar-refractivity contribution in [3.63, 3.8) is 0 Å². The molecule has 2 N–H and O–H groups in total. The molecule has 2 heterocycles. The van der Waals surface area contributed by atoms with E-state index in [4.69, 9.17) is 16.3 Å². The molecule has 1 saturated heterocycles. The minimum atomic E-state index is -0.148. The first-order valence-corrected chi connectivity index (χ1v) is 9.22. The number of hydrogen-bond donors (Lipinski definition) is 2. The molecule has 144 valence electrons. The number of nitrogens with one attached hydrogen (secondary N) is 2. The van der Waals surface area contributed by atoms with Crippen LogP contribution in [0.5, 0.6) is 5.75 Å². The molecule has 1 atom stereocenters. The maximum absolute atomic E-state index is 12.4. The molecule has 0 radical (unpaired) electrons. The first kappa shape index (κ1) is 19.2. The van der Waals surface area contributed by atoms with E-state index in [2.05, 4.69) is 20.5 Å². The van der Waals surface area contributed by atoms with Gasteiger partial charge < -0.3 is 15.0 Å². The topological polar surface area (TPSA) is 100 Å². The number of carbonyl (C=O) groups excluding carboxylic acids is 2. The quantitative estimate of drug-likeness (QED) is 0.788. The first-order chi connectivity index (χ1) is 13.1. The number of piperidine rings is 1. The van der Waals surface area contributed by atoms with Crippen LogP contribution in [0, 0.1) is 5.92 Å². The number of likely N-dealkylation sites (tertiary alicyclic amines) is 1. The molecule has 8 nitrogen and oxygen atoms in total. The van der Waals surface area contributed by atoms with Gasteiger partial charge in [-0.1, -0.05) is 11.6 Å². The van der Waals surface area contributed by atoms with Crippen molar-refractivity contribution in [3.8, 4) is 5.75 Å². The number of nitrogens with zero attached hydrogens (tertiary/aromatic N) is 3. The zero-order valence-electron chi connectivity index (χ0n) is 15.1. The van der Waals surface area contributed by atoms with Gasteiger partial charge in [-0.05, 0) is 43.4 Å². The summed E-state index contributed by atoms with van der Waals surface area (Å²) in [6.45, 7) is 1.31. The third-order valence-corrected chi connectivity index (χ3v) is 4.87. The second-order valence-corrected chi connectivity index (χ2v) is 6.96. The zero-order chi connectivity index (χ0) is 19.2. The Kier molecular flexibility index (Phi) is 6.28. The van der Waals surface area contributed by atoms with Crippen molar-refractivity contribution in [2.24, 2.45) is 5.92 Å². The van der Waals surface area contributed by atoms with Gasteiger partial charge in [0.25, 0.3) is 5.91 Å². The maximum atomic E-state index is 12.4. The minimum absolute atomic E-state index is 0.103. The number of hydrogen-bond acceptors (Lipinski definition) is 5. The summed E-state index contributed by atoms with van der Waals surface area (Å²) >= 11 is 5.99. The van der Waals surface area contributed by atoms with Gasteiger partial charge >= 0.3 is 0 Å². The van der Waals surface area contributed by atoms with Crippen molar-refractivity contribution >= 4 is 29.1 Å². The fraction of sp³-hybridized carbons (Fsp3) is 0.444. The Hall–Kier alpha value is -2.61. The third kappa shape index (κ3) is 4.97. The number of anilines is 1. The van der Waals surface area contributed by atoms with E-state index in [9.17, 15) is 9.59 Å². The van der Waals surface area contributed by atoms with Crippen LogP contribution >= 0.6 is 11.6 Å². The monoisotopic (exact) mass is 391 g/mol. The fourth-order valence-corrected chi connectivity index (χ4v) is 3.44. The third-order valence-electron chi connectivity index (χ3n) is 4.64. The van der Waals surface area contributed by atoms with Crippen molar-refractivity contribution < 1.29 is 14.3 Å². The van der Waals surface area contributed by atoms with Crippen LogP contribution in [-0.2, 0) is 4.79 Å². The number of amides is 2. The number of aromatic amines is 1. The molecule has 0 saturated carbocycles. The van der Waals surface area contributed by atoms with E-state index in [1.807, 2.05) is 0 Å². The number of benzene rings is 1. The number of methoxy groups -OCH3 is 1. The highest BCUT2D eigenvalue weighted by Crippen LogP contribution is 2.28. The van der Waals surface area contributed by atoms with Crippen LogP contribution in [0.15, 0.2) is 24.5 Å². The Labute approximate surface area is 162 Å². The number of halogens is 1. The molecule has 2 amide bonds. The van der Waals surface area contributed by atoms with Gasteiger partial charge in [-0.3, -0.25) is 14.7 Å². The average molecular weight is 392 g/mol. The summed E-state index contributed by atoms with van der Waals surface area (Å²) in [6, 6.07) is 5.08. The van der Waals surface area contributed by atoms with Crippen LogP contribution in [0.3, 0.4) is 0 Å². The smallest absolute Gasteiger partial charge is 0.291 e. The number of H-pyrrole nitrogens is 1. The molecule has 0 spiro atoms. The van der Waals surface area contributed by atoms with Crippen molar-refractivity contribution in [1.29, 1.82) is 0 Å². The molecular weight excluding hydrogens is 370 g/mol. The lowest BCUT2D eigenvalue weighted by Crippen LogP contribution is -2.40. The summed E-state index contributed by atoms with van der Waals surface area (Å²) < 4.78 is 5.24. The summed E-state index contributed by atoms with van der Waals surface area (Å²) in [7, 11) is 1.54. The Morgan fingerprint density at radius 2 is 2.30 bits per heavy atom. The largest absolute Gasteiger partial charge is 0.495 e. The number of aromatic nitrogens is 3. The van der Waals surface area contributed by atoms with Crippen LogP contribution in [0.2, 0.25) is 5.02 Å². The minimum Gasteiger partial charge on any atom is -0.495 e. The van der Waals surface area contributed by atoms with Crippen LogP contribution in [0.25, 0.3) is 0 Å². The van der Waals surface area contributed by atoms with E-state index in [1.54, 1.807) is 30.2 Å². The number of ether oxygens (including phenoxy) is 1. The molecule has 0 bridgehead atoms. The van der Waals surface area contributed by atoms with Gasteiger partial charge in [0, 0.05) is 24.5 Å². The molecule has 1 aliphatic rings. The SMILES string of the molecule is COc1ccc(Cl)cc1NC(=O)CCC1CCCN(C(=O)c2ncn[nH]2)C1. The van der Waals surface area contributed by atoms with E-state index in [0.29, 0.717) is 42.4 Å². The summed E-state index contributed by atoms with van der Waals surface area (Å²) in [5.74, 6) is 0.841. The Balaban J connectivity index is 1.51. The maximum Gasteiger partial charge on any atom is 0.291 e. The Morgan fingerprint density at radius 1 is 1.44 bits per heavy atom. The van der Waals surface area contributed by atoms with Crippen molar-refractivity contribution in [1.82, 2.24) is 20.1 Å². The number of carbonyl (C=O) groups is 2. The first-order valence-electron chi connectivity index (χ1n) is 8.85. The molecule has 2 aromatic rings. The van der Waals surface area contributed by atoms with Crippen LogP contribution in [0.1, 0.15) is 36.3 Å². The molecule has 1 fully saturated rings. The average Bonchev–Trinajstić information content (AvgIpc) is 3.21. The molecule has 9 heteroatoms. The van der Waals surface area contributed by atoms with Crippen molar-refractivity contribution in [2.45, 2.75) is 25.7 Å². The lowest BCUT2D eigenvalue weighted by molar-refractivity contribution is -0.116. The predicted molar refractivity (Wildman–Crippen MR) is 101 cm³/mol. The lowest BCUT2D eigenvalue weighted by atomic mass is 9.93. The van der Waals surface area contributed by atoms with Gasteiger partial charge in [0.05, 0.1) is 12.8 Å². The lowest BCUT2D eigenvalue weighted by Gasteiger charge is -2.32. The fourth-order valence-electron chi connectivity index (χ4n) is 3.27. The Bertz CT molecular complexity index is 796. The zero-order valence-corrected chi connectivity index (χ0v) is 15.8. The molecular formula is C18H22ClN5O3. The van der Waals surface area contributed by atoms with Gasteiger partial charge in [-0.15, -0.1) is 0 Å². The molecule has 1 aliphatic heterocycles. The van der Waals surface area contributed by atoms with Gasteiger partial charge in [0.2, 0.25) is 11.7 Å². The van der Waals surface area contributed by atoms with E-state index in [0.717, 1.165) is 12.8 Å². The highest BCUT2D eigenvalue weighted by atomic mass is 35.5. The van der Waals surface area contributed by atoms with Gasteiger partial charge in [0.15, 0.2) is 0 Å². The molecule has 1 aromatic heterocycles. The summed E-state index contributed by atoms with van der Waals surface area (Å²) in [5.41, 5.74) is 0.556.